The molecular formula is C16H19F4NO3. The number of hydrogen-bond acceptors (Lipinski definition) is 2. The molecule has 0 aromatic heterocycles. The molecule has 0 fully saturated rings. The Morgan fingerprint density at radius 1 is 1.12 bits per heavy atom. The lowest BCUT2D eigenvalue weighted by Crippen LogP contribution is -2.43. The SMILES string of the molecule is CCC(CC)(CNC(=O)C(F)c1ccc(C(F)(F)F)cc1)C(=O)O. The van der Waals surface area contributed by atoms with Gasteiger partial charge in [-0.15, -0.1) is 0 Å². The lowest BCUT2D eigenvalue weighted by atomic mass is 9.82. The van der Waals surface area contributed by atoms with Crippen LogP contribution in [0.25, 0.3) is 0 Å². The molecule has 0 aliphatic carbocycles. The zero-order valence-corrected chi connectivity index (χ0v) is 13.3. The molecule has 134 valence electrons. The summed E-state index contributed by atoms with van der Waals surface area (Å²) in [6.45, 7) is 3.04. The van der Waals surface area contributed by atoms with E-state index in [9.17, 15) is 32.3 Å². The number of amides is 1. The van der Waals surface area contributed by atoms with Gasteiger partial charge in [-0.2, -0.15) is 13.2 Å². The molecule has 1 unspecified atom stereocenters. The van der Waals surface area contributed by atoms with Crippen LogP contribution in [0.3, 0.4) is 0 Å². The van der Waals surface area contributed by atoms with Crippen LogP contribution in [-0.2, 0) is 15.8 Å². The summed E-state index contributed by atoms with van der Waals surface area (Å²) in [7, 11) is 0. The van der Waals surface area contributed by atoms with E-state index in [1.54, 1.807) is 13.8 Å². The summed E-state index contributed by atoms with van der Waals surface area (Å²) >= 11 is 0. The Labute approximate surface area is 136 Å². The highest BCUT2D eigenvalue weighted by molar-refractivity contribution is 5.83. The van der Waals surface area contributed by atoms with E-state index < -0.39 is 35.2 Å². The summed E-state index contributed by atoms with van der Waals surface area (Å²) in [6.07, 6.45) is -6.23. The molecule has 1 amide bonds. The molecule has 1 aromatic rings. The van der Waals surface area contributed by atoms with Crippen LogP contribution in [0, 0.1) is 5.41 Å². The second-order valence-corrected chi connectivity index (χ2v) is 5.49. The second kappa shape index (κ2) is 7.63. The van der Waals surface area contributed by atoms with E-state index in [-0.39, 0.29) is 24.9 Å². The quantitative estimate of drug-likeness (QED) is 0.737. The van der Waals surface area contributed by atoms with Gasteiger partial charge in [-0.25, -0.2) is 4.39 Å². The predicted molar refractivity (Wildman–Crippen MR) is 79.0 cm³/mol. The minimum atomic E-state index is -4.55. The molecule has 0 saturated heterocycles. The van der Waals surface area contributed by atoms with E-state index in [4.69, 9.17) is 0 Å². The Morgan fingerprint density at radius 2 is 1.62 bits per heavy atom. The molecular weight excluding hydrogens is 330 g/mol. The van der Waals surface area contributed by atoms with E-state index in [2.05, 4.69) is 5.32 Å². The number of aliphatic carboxylic acids is 1. The number of carboxylic acids is 1. The lowest BCUT2D eigenvalue weighted by Gasteiger charge is -2.27. The fourth-order valence-electron chi connectivity index (χ4n) is 2.22. The third-order valence-electron chi connectivity index (χ3n) is 4.17. The number of carbonyl (C=O) groups is 2. The first kappa shape index (κ1) is 19.9. The molecule has 4 nitrogen and oxygen atoms in total. The summed E-state index contributed by atoms with van der Waals surface area (Å²) in [5.74, 6) is -2.18. The molecule has 24 heavy (non-hydrogen) atoms. The summed E-state index contributed by atoms with van der Waals surface area (Å²) in [5.41, 5.74) is -2.37. The summed E-state index contributed by atoms with van der Waals surface area (Å²) < 4.78 is 51.5. The molecule has 2 N–H and O–H groups in total. The first-order chi connectivity index (χ1) is 11.1. The van der Waals surface area contributed by atoms with Crippen molar-refractivity contribution in [2.24, 2.45) is 5.41 Å². The van der Waals surface area contributed by atoms with Gasteiger partial charge in [0.15, 0.2) is 0 Å². The molecule has 0 aliphatic rings. The highest BCUT2D eigenvalue weighted by Crippen LogP contribution is 2.31. The molecule has 0 spiro atoms. The zero-order valence-electron chi connectivity index (χ0n) is 13.3. The molecule has 1 rings (SSSR count). The van der Waals surface area contributed by atoms with Crippen LogP contribution in [0.5, 0.6) is 0 Å². The molecule has 0 radical (unpaired) electrons. The maximum atomic E-state index is 14.1. The topological polar surface area (TPSA) is 66.4 Å². The Bertz CT molecular complexity index is 580. The van der Waals surface area contributed by atoms with Crippen molar-refractivity contribution in [3.63, 3.8) is 0 Å². The highest BCUT2D eigenvalue weighted by atomic mass is 19.4. The fraction of sp³-hybridized carbons (Fsp3) is 0.500. The van der Waals surface area contributed by atoms with Gasteiger partial charge in [-0.1, -0.05) is 26.0 Å². The van der Waals surface area contributed by atoms with Crippen molar-refractivity contribution in [1.29, 1.82) is 0 Å². The van der Waals surface area contributed by atoms with Gasteiger partial charge < -0.3 is 10.4 Å². The van der Waals surface area contributed by atoms with E-state index in [0.29, 0.717) is 12.1 Å². The van der Waals surface area contributed by atoms with Crippen molar-refractivity contribution >= 4 is 11.9 Å². The van der Waals surface area contributed by atoms with Gasteiger partial charge >= 0.3 is 12.1 Å². The summed E-state index contributed by atoms with van der Waals surface area (Å²) in [4.78, 5) is 23.1. The van der Waals surface area contributed by atoms with Crippen LogP contribution < -0.4 is 5.32 Å². The van der Waals surface area contributed by atoms with Crippen LogP contribution in [-0.4, -0.2) is 23.5 Å². The molecule has 0 aliphatic heterocycles. The third-order valence-corrected chi connectivity index (χ3v) is 4.17. The minimum Gasteiger partial charge on any atom is -0.481 e. The number of benzene rings is 1. The predicted octanol–water partition coefficient (Wildman–Crippen LogP) is 3.72. The average molecular weight is 349 g/mol. The largest absolute Gasteiger partial charge is 0.481 e. The maximum absolute atomic E-state index is 14.1. The van der Waals surface area contributed by atoms with Gasteiger partial charge in [0.05, 0.1) is 11.0 Å². The smallest absolute Gasteiger partial charge is 0.416 e. The van der Waals surface area contributed by atoms with Crippen molar-refractivity contribution < 1.29 is 32.3 Å². The van der Waals surface area contributed by atoms with E-state index >= 15 is 0 Å². The average Bonchev–Trinajstić information content (AvgIpc) is 2.54. The van der Waals surface area contributed by atoms with Crippen molar-refractivity contribution in [2.45, 2.75) is 39.0 Å². The number of halogens is 4. The van der Waals surface area contributed by atoms with Gasteiger partial charge in [0, 0.05) is 6.54 Å². The monoisotopic (exact) mass is 349 g/mol. The summed E-state index contributed by atoms with van der Waals surface area (Å²) in [6, 6.07) is 3.15. The van der Waals surface area contributed by atoms with E-state index in [1.165, 1.54) is 0 Å². The number of rotatable bonds is 7. The first-order valence-corrected chi connectivity index (χ1v) is 7.39. The van der Waals surface area contributed by atoms with Crippen LogP contribution in [0.1, 0.15) is 44.0 Å². The molecule has 8 heteroatoms. The Hall–Kier alpha value is -2.12. The lowest BCUT2D eigenvalue weighted by molar-refractivity contribution is -0.149. The molecule has 0 saturated carbocycles. The Kier molecular flexibility index (Phi) is 6.34. The first-order valence-electron chi connectivity index (χ1n) is 7.39. The van der Waals surface area contributed by atoms with Crippen molar-refractivity contribution in [1.82, 2.24) is 5.32 Å². The molecule has 0 bridgehead atoms. The third kappa shape index (κ3) is 4.46. The van der Waals surface area contributed by atoms with E-state index in [1.807, 2.05) is 0 Å². The van der Waals surface area contributed by atoms with Crippen LogP contribution in [0.15, 0.2) is 24.3 Å². The maximum Gasteiger partial charge on any atom is 0.416 e. The number of alkyl halides is 4. The summed E-state index contributed by atoms with van der Waals surface area (Å²) in [5, 5.41) is 11.5. The number of hydrogen-bond donors (Lipinski definition) is 2. The van der Waals surface area contributed by atoms with Crippen LogP contribution in [0.2, 0.25) is 0 Å². The van der Waals surface area contributed by atoms with Crippen molar-refractivity contribution in [3.05, 3.63) is 35.4 Å². The van der Waals surface area contributed by atoms with Gasteiger partial charge in [0.1, 0.15) is 0 Å². The number of nitrogens with one attached hydrogen (secondary N) is 1. The normalized spacial score (nSPS) is 13.4. The zero-order chi connectivity index (χ0) is 18.5. The van der Waals surface area contributed by atoms with Gasteiger partial charge in [0.2, 0.25) is 6.17 Å². The second-order valence-electron chi connectivity index (χ2n) is 5.49. The molecule has 1 atom stereocenters. The van der Waals surface area contributed by atoms with E-state index in [0.717, 1.165) is 12.1 Å². The number of carbonyl (C=O) groups excluding carboxylic acids is 1. The van der Waals surface area contributed by atoms with Crippen molar-refractivity contribution in [2.75, 3.05) is 6.54 Å². The van der Waals surface area contributed by atoms with Gasteiger partial charge in [-0.05, 0) is 30.5 Å². The standard InChI is InChI=1S/C16H19F4NO3/c1-3-15(4-2,14(23)24)9-21-13(22)12(17)10-5-7-11(8-6-10)16(18,19)20/h5-8,12H,3-4,9H2,1-2H3,(H,21,22)(H,23,24). The Morgan fingerprint density at radius 3 is 2.00 bits per heavy atom. The molecule has 1 aromatic carbocycles. The van der Waals surface area contributed by atoms with Crippen LogP contribution in [0.4, 0.5) is 17.6 Å². The number of carboxylic acid groups (broad SMARTS) is 1. The fourth-order valence-corrected chi connectivity index (χ4v) is 2.22. The van der Waals surface area contributed by atoms with Crippen LogP contribution >= 0.6 is 0 Å². The van der Waals surface area contributed by atoms with Gasteiger partial charge in [0.25, 0.3) is 5.91 Å². The van der Waals surface area contributed by atoms with Gasteiger partial charge in [-0.3, -0.25) is 9.59 Å². The highest BCUT2D eigenvalue weighted by Gasteiger charge is 2.36. The van der Waals surface area contributed by atoms with Crippen molar-refractivity contribution in [3.8, 4) is 0 Å². The Balaban J connectivity index is 2.79. The minimum absolute atomic E-state index is 0.227. The molecule has 0 heterocycles.